The lowest BCUT2D eigenvalue weighted by Gasteiger charge is -2.27. The number of hydrogen-bond acceptors (Lipinski definition) is 5. The molecule has 1 unspecified atom stereocenters. The van der Waals surface area contributed by atoms with Gasteiger partial charge in [0.2, 0.25) is 5.95 Å². The van der Waals surface area contributed by atoms with Crippen LogP contribution in [-0.4, -0.2) is 39.8 Å². The predicted molar refractivity (Wildman–Crippen MR) is 147 cm³/mol. The molecule has 0 bridgehead atoms. The van der Waals surface area contributed by atoms with Crippen LogP contribution in [0.15, 0.2) is 60.8 Å². The van der Waals surface area contributed by atoms with Gasteiger partial charge in [0.25, 0.3) is 0 Å². The molecular weight excluding hydrogens is 468 g/mol. The molecule has 2 fully saturated rings. The number of halogens is 1. The van der Waals surface area contributed by atoms with Crippen molar-refractivity contribution in [3.63, 3.8) is 0 Å². The second kappa shape index (κ2) is 12.0. The van der Waals surface area contributed by atoms with E-state index in [0.717, 1.165) is 54.2 Å². The summed E-state index contributed by atoms with van der Waals surface area (Å²) in [6.07, 6.45) is 12.5. The van der Waals surface area contributed by atoms with E-state index in [1.807, 2.05) is 54.6 Å². The maximum absolute atomic E-state index is 13.3. The average Bonchev–Trinajstić information content (AvgIpc) is 3.47. The molecular formula is C30H35ClN4O. The third kappa shape index (κ3) is 6.32. The molecule has 1 saturated heterocycles. The number of carbonyl (C=O) groups is 1. The van der Waals surface area contributed by atoms with Crippen molar-refractivity contribution in [3.05, 3.63) is 71.4 Å². The van der Waals surface area contributed by atoms with Gasteiger partial charge >= 0.3 is 0 Å². The molecule has 0 amide bonds. The van der Waals surface area contributed by atoms with E-state index < -0.39 is 0 Å². The zero-order valence-electron chi connectivity index (χ0n) is 20.8. The van der Waals surface area contributed by atoms with E-state index >= 15 is 0 Å². The zero-order valence-corrected chi connectivity index (χ0v) is 21.6. The number of benzene rings is 2. The molecule has 1 aliphatic heterocycles. The van der Waals surface area contributed by atoms with Crippen LogP contribution in [0.2, 0.25) is 5.02 Å². The van der Waals surface area contributed by atoms with Gasteiger partial charge < -0.3 is 10.2 Å². The first-order chi connectivity index (χ1) is 17.7. The van der Waals surface area contributed by atoms with Gasteiger partial charge in [0.1, 0.15) is 0 Å². The van der Waals surface area contributed by atoms with Crippen molar-refractivity contribution < 1.29 is 4.79 Å². The molecule has 0 spiro atoms. The fraction of sp³-hybridized carbons (Fsp3) is 0.433. The Morgan fingerprint density at radius 1 is 0.833 bits per heavy atom. The average molecular weight is 503 g/mol. The lowest BCUT2D eigenvalue weighted by Crippen LogP contribution is -2.32. The predicted octanol–water partition coefficient (Wildman–Crippen LogP) is 7.55. The van der Waals surface area contributed by atoms with Gasteiger partial charge in [0.05, 0.1) is 5.69 Å². The Bertz CT molecular complexity index is 1140. The van der Waals surface area contributed by atoms with Crippen molar-refractivity contribution >= 4 is 29.0 Å². The van der Waals surface area contributed by atoms with Gasteiger partial charge in [-0.15, -0.1) is 0 Å². The van der Waals surface area contributed by atoms with Crippen molar-refractivity contribution in [1.29, 1.82) is 0 Å². The van der Waals surface area contributed by atoms with Crippen LogP contribution in [0.1, 0.15) is 68.1 Å². The number of ketones is 1. The number of Topliss-reactive ketones (excluding diaryl/α,β-unsaturated/α-hetero) is 1. The summed E-state index contributed by atoms with van der Waals surface area (Å²) in [6.45, 7) is 2.54. The first-order valence-electron chi connectivity index (χ1n) is 13.4. The van der Waals surface area contributed by atoms with Gasteiger partial charge in [-0.05, 0) is 94.1 Å². The minimum atomic E-state index is 0.139. The minimum absolute atomic E-state index is 0.139. The summed E-state index contributed by atoms with van der Waals surface area (Å²) < 4.78 is 0. The third-order valence-electron chi connectivity index (χ3n) is 7.68. The molecule has 5 nitrogen and oxygen atoms in total. The van der Waals surface area contributed by atoms with Crippen LogP contribution in [0, 0.1) is 5.92 Å². The number of aromatic nitrogens is 2. The van der Waals surface area contributed by atoms with E-state index in [1.54, 1.807) is 6.20 Å². The maximum Gasteiger partial charge on any atom is 0.227 e. The van der Waals surface area contributed by atoms with Gasteiger partial charge in [0, 0.05) is 40.0 Å². The van der Waals surface area contributed by atoms with Gasteiger partial charge in [-0.2, -0.15) is 0 Å². The highest BCUT2D eigenvalue weighted by Gasteiger charge is 2.25. The first-order valence-corrected chi connectivity index (χ1v) is 13.8. The summed E-state index contributed by atoms with van der Waals surface area (Å²) in [7, 11) is 0. The largest absolute Gasteiger partial charge is 0.324 e. The minimum Gasteiger partial charge on any atom is -0.324 e. The SMILES string of the molecule is O=C(c1ccc(Nc2nccc(-c3ccc(Cl)cc3)n2)cc1)[C@H]1CCCCC(N2CCCC2)CCC1. The van der Waals surface area contributed by atoms with Crippen LogP contribution in [0.5, 0.6) is 0 Å². The molecule has 1 N–H and O–H groups in total. The van der Waals surface area contributed by atoms with E-state index in [0.29, 0.717) is 16.8 Å². The topological polar surface area (TPSA) is 58.1 Å². The molecule has 1 aromatic heterocycles. The van der Waals surface area contributed by atoms with E-state index in [1.165, 1.54) is 45.2 Å². The smallest absolute Gasteiger partial charge is 0.227 e. The molecule has 5 rings (SSSR count). The fourth-order valence-corrected chi connectivity index (χ4v) is 5.80. The van der Waals surface area contributed by atoms with Crippen LogP contribution >= 0.6 is 11.6 Å². The summed E-state index contributed by atoms with van der Waals surface area (Å²) >= 11 is 6.00. The molecule has 2 atom stereocenters. The molecule has 6 heteroatoms. The number of rotatable bonds is 6. The number of hydrogen-bond donors (Lipinski definition) is 1. The number of nitrogens with one attached hydrogen (secondary N) is 1. The summed E-state index contributed by atoms with van der Waals surface area (Å²) in [5, 5.41) is 3.96. The Morgan fingerprint density at radius 2 is 1.53 bits per heavy atom. The Balaban J connectivity index is 1.19. The molecule has 2 aliphatic rings. The van der Waals surface area contributed by atoms with Crippen LogP contribution in [0.25, 0.3) is 11.3 Å². The highest BCUT2D eigenvalue weighted by molar-refractivity contribution is 6.30. The Labute approximate surface area is 219 Å². The highest BCUT2D eigenvalue weighted by atomic mass is 35.5. The van der Waals surface area contributed by atoms with E-state index in [-0.39, 0.29) is 5.92 Å². The second-order valence-electron chi connectivity index (χ2n) is 10.1. The molecule has 1 aliphatic carbocycles. The maximum atomic E-state index is 13.3. The normalized spacial score (nSPS) is 21.4. The molecule has 2 heterocycles. The Hall–Kier alpha value is -2.76. The van der Waals surface area contributed by atoms with E-state index in [9.17, 15) is 4.79 Å². The van der Waals surface area contributed by atoms with E-state index in [4.69, 9.17) is 11.6 Å². The molecule has 0 radical (unpaired) electrons. The van der Waals surface area contributed by atoms with Gasteiger partial charge in [0.15, 0.2) is 5.78 Å². The second-order valence-corrected chi connectivity index (χ2v) is 10.6. The Morgan fingerprint density at radius 3 is 2.31 bits per heavy atom. The summed E-state index contributed by atoms with van der Waals surface area (Å²) in [5.41, 5.74) is 3.47. The van der Waals surface area contributed by atoms with Crippen LogP contribution in [-0.2, 0) is 0 Å². The van der Waals surface area contributed by atoms with Crippen molar-refractivity contribution in [1.82, 2.24) is 14.9 Å². The van der Waals surface area contributed by atoms with Crippen LogP contribution in [0.3, 0.4) is 0 Å². The molecule has 36 heavy (non-hydrogen) atoms. The van der Waals surface area contributed by atoms with Crippen LogP contribution in [0.4, 0.5) is 11.6 Å². The standard InChI is InChI=1S/C30H35ClN4O/c31-25-14-10-22(11-15-25)28-18-19-32-30(34-28)33-26-16-12-24(13-17-26)29(36)23-6-1-2-8-27(9-5-7-23)35-20-3-4-21-35/h10-19,23,27H,1-9,20-21H2,(H,32,33,34)/t23-,27?/m0/s1. The summed E-state index contributed by atoms with van der Waals surface area (Å²) in [4.78, 5) is 25.0. The van der Waals surface area contributed by atoms with Gasteiger partial charge in [-0.25, -0.2) is 9.97 Å². The molecule has 188 valence electrons. The monoisotopic (exact) mass is 502 g/mol. The van der Waals surface area contributed by atoms with Gasteiger partial charge in [-0.3, -0.25) is 4.79 Å². The Kier molecular flexibility index (Phi) is 8.29. The molecule has 2 aromatic carbocycles. The van der Waals surface area contributed by atoms with E-state index in [2.05, 4.69) is 20.2 Å². The lowest BCUT2D eigenvalue weighted by molar-refractivity contribution is 0.0903. The molecule has 1 saturated carbocycles. The zero-order chi connectivity index (χ0) is 24.7. The van der Waals surface area contributed by atoms with Crippen molar-refractivity contribution in [2.75, 3.05) is 18.4 Å². The number of likely N-dealkylation sites (tertiary alicyclic amines) is 1. The van der Waals surface area contributed by atoms with Crippen molar-refractivity contribution in [2.24, 2.45) is 5.92 Å². The summed E-state index contributed by atoms with van der Waals surface area (Å²) in [6, 6.07) is 18.0. The highest BCUT2D eigenvalue weighted by Crippen LogP contribution is 2.29. The van der Waals surface area contributed by atoms with Crippen molar-refractivity contribution in [2.45, 2.75) is 63.8 Å². The third-order valence-corrected chi connectivity index (χ3v) is 7.93. The number of nitrogens with zero attached hydrogens (tertiary/aromatic N) is 3. The molecule has 3 aromatic rings. The summed E-state index contributed by atoms with van der Waals surface area (Å²) in [5.74, 6) is 0.952. The number of carbonyl (C=O) groups excluding carboxylic acids is 1. The number of anilines is 2. The first kappa shape index (κ1) is 24.9. The van der Waals surface area contributed by atoms with Crippen molar-refractivity contribution in [3.8, 4) is 11.3 Å². The fourth-order valence-electron chi connectivity index (χ4n) is 5.68. The van der Waals surface area contributed by atoms with Gasteiger partial charge in [-0.1, -0.05) is 43.0 Å². The van der Waals surface area contributed by atoms with Crippen LogP contribution < -0.4 is 5.32 Å². The quantitative estimate of drug-likeness (QED) is 0.352. The lowest BCUT2D eigenvalue weighted by atomic mass is 9.89.